The van der Waals surface area contributed by atoms with Crippen molar-refractivity contribution in [2.24, 2.45) is 0 Å². The fourth-order valence-corrected chi connectivity index (χ4v) is 6.63. The van der Waals surface area contributed by atoms with E-state index in [4.69, 9.17) is 4.74 Å². The van der Waals surface area contributed by atoms with Gasteiger partial charge in [0.25, 0.3) is 0 Å². The zero-order valence-electron chi connectivity index (χ0n) is 29.2. The molecule has 0 saturated carbocycles. The lowest BCUT2D eigenvalue weighted by molar-refractivity contribution is -0.145. The van der Waals surface area contributed by atoms with Crippen LogP contribution in [0.1, 0.15) is 18.5 Å². The molecule has 1 aromatic heterocycles. The summed E-state index contributed by atoms with van der Waals surface area (Å²) in [6, 6.07) is 8.73. The maximum absolute atomic E-state index is 12.7. The van der Waals surface area contributed by atoms with Crippen molar-refractivity contribution in [3.63, 3.8) is 0 Å². The Morgan fingerprint density at radius 3 is 1.78 bits per heavy atom. The number of carboxylic acid groups (broad SMARTS) is 3. The molecule has 2 fully saturated rings. The van der Waals surface area contributed by atoms with Gasteiger partial charge in [-0.25, -0.2) is 0 Å². The van der Waals surface area contributed by atoms with Gasteiger partial charge in [0.1, 0.15) is 12.3 Å². The molecule has 17 nitrogen and oxygen atoms in total. The second-order valence-corrected chi connectivity index (χ2v) is 13.0. The van der Waals surface area contributed by atoms with Gasteiger partial charge in [-0.15, -0.1) is 0 Å². The molecule has 0 bridgehead atoms. The van der Waals surface area contributed by atoms with Gasteiger partial charge >= 0.3 is 23.9 Å². The van der Waals surface area contributed by atoms with Crippen molar-refractivity contribution in [1.29, 1.82) is 0 Å². The SMILES string of the molecule is COC(=O)CN1CCN(CC(=O)O)CCN(C(CCC(O)N2CCN(c3ccc4ccc(CO)nc4c3)CC2)C(=O)O)CCN(CC(=O)O)CC1. The summed E-state index contributed by atoms with van der Waals surface area (Å²) < 4.78 is 4.80. The third kappa shape index (κ3) is 12.3. The number of ether oxygens (including phenoxy) is 1. The minimum atomic E-state index is -1.08. The van der Waals surface area contributed by atoms with Crippen LogP contribution in [0.4, 0.5) is 5.69 Å². The largest absolute Gasteiger partial charge is 0.480 e. The van der Waals surface area contributed by atoms with E-state index in [1.807, 2.05) is 29.2 Å². The Hall–Kier alpha value is -3.97. The van der Waals surface area contributed by atoms with Crippen LogP contribution in [-0.4, -0.2) is 196 Å². The number of nitrogens with zero attached hydrogens (tertiary/aromatic N) is 7. The van der Waals surface area contributed by atoms with Crippen LogP contribution in [0.5, 0.6) is 0 Å². The summed E-state index contributed by atoms with van der Waals surface area (Å²) in [6.07, 6.45) is -0.553. The number of benzene rings is 1. The van der Waals surface area contributed by atoms with Gasteiger partial charge in [-0.2, -0.15) is 0 Å². The average molecular weight is 718 g/mol. The highest BCUT2D eigenvalue weighted by molar-refractivity contribution is 5.82. The summed E-state index contributed by atoms with van der Waals surface area (Å²) in [5.74, 6) is -3.61. The number of hydrogen-bond acceptors (Lipinski definition) is 14. The van der Waals surface area contributed by atoms with E-state index in [1.54, 1.807) is 25.7 Å². The molecule has 4 rings (SSSR count). The first-order chi connectivity index (χ1) is 24.4. The molecule has 5 N–H and O–H groups in total. The molecule has 51 heavy (non-hydrogen) atoms. The average Bonchev–Trinajstić information content (AvgIpc) is 3.11. The summed E-state index contributed by atoms with van der Waals surface area (Å²) in [6.45, 7) is 3.81. The third-order valence-corrected chi connectivity index (χ3v) is 9.59. The number of aliphatic carboxylic acids is 3. The van der Waals surface area contributed by atoms with E-state index in [0.29, 0.717) is 45.0 Å². The van der Waals surface area contributed by atoms with E-state index in [-0.39, 0.29) is 78.4 Å². The Bertz CT molecular complexity index is 1440. The summed E-state index contributed by atoms with van der Waals surface area (Å²) in [5.41, 5.74) is 2.38. The second-order valence-electron chi connectivity index (χ2n) is 13.0. The zero-order chi connectivity index (χ0) is 36.9. The number of aliphatic hydroxyl groups excluding tert-OH is 2. The standard InChI is InChI=1S/C34H51N7O10/c1-51-33(48)23-38-10-8-36(21-31(44)45)12-14-40(15-13-37(9-11-38)22-32(46)47)29(34(49)50)6-7-30(43)41-18-16-39(17-19-41)27-5-3-25-2-4-26(24-42)35-28(25)20-27/h2-5,20,29-30,42-43H,6-19,21-24H2,1H3,(H,44,45)(H,46,47)(H,49,50). The first-order valence-corrected chi connectivity index (χ1v) is 17.3. The van der Waals surface area contributed by atoms with Crippen LogP contribution in [0, 0.1) is 0 Å². The molecule has 0 aliphatic carbocycles. The first-order valence-electron chi connectivity index (χ1n) is 17.3. The van der Waals surface area contributed by atoms with Gasteiger partial charge in [0.2, 0.25) is 0 Å². The van der Waals surface area contributed by atoms with E-state index in [2.05, 4.69) is 9.88 Å². The van der Waals surface area contributed by atoms with E-state index in [0.717, 1.165) is 16.6 Å². The van der Waals surface area contributed by atoms with Gasteiger partial charge in [0.05, 0.1) is 44.6 Å². The van der Waals surface area contributed by atoms with Crippen LogP contribution in [0.25, 0.3) is 10.9 Å². The molecule has 2 aliphatic rings. The highest BCUT2D eigenvalue weighted by Gasteiger charge is 2.30. The lowest BCUT2D eigenvalue weighted by Gasteiger charge is -2.39. The van der Waals surface area contributed by atoms with Gasteiger partial charge in [-0.05, 0) is 31.0 Å². The van der Waals surface area contributed by atoms with E-state index in [9.17, 15) is 44.7 Å². The number of methoxy groups -OCH3 is 1. The quantitative estimate of drug-likeness (QED) is 0.148. The Morgan fingerprint density at radius 1 is 0.725 bits per heavy atom. The van der Waals surface area contributed by atoms with Crippen molar-refractivity contribution in [3.05, 3.63) is 36.0 Å². The minimum Gasteiger partial charge on any atom is -0.480 e. The number of anilines is 1. The van der Waals surface area contributed by atoms with Gasteiger partial charge in [-0.3, -0.25) is 48.7 Å². The van der Waals surface area contributed by atoms with Crippen molar-refractivity contribution in [1.82, 2.24) is 29.5 Å². The Labute approximate surface area is 297 Å². The van der Waals surface area contributed by atoms with Crippen LogP contribution in [0.15, 0.2) is 30.3 Å². The number of carboxylic acids is 3. The Morgan fingerprint density at radius 2 is 1.25 bits per heavy atom. The van der Waals surface area contributed by atoms with Crippen LogP contribution in [-0.2, 0) is 30.5 Å². The van der Waals surface area contributed by atoms with Crippen molar-refractivity contribution in [2.75, 3.05) is 110 Å². The number of esters is 1. The molecule has 2 aromatic rings. The molecule has 2 atom stereocenters. The molecule has 3 heterocycles. The van der Waals surface area contributed by atoms with E-state index in [1.165, 1.54) is 7.11 Å². The van der Waals surface area contributed by atoms with Crippen molar-refractivity contribution >= 4 is 40.5 Å². The molecule has 0 amide bonds. The molecule has 2 saturated heterocycles. The Kier molecular flexibility index (Phi) is 15.3. The molecular weight excluding hydrogens is 666 g/mol. The van der Waals surface area contributed by atoms with Gasteiger partial charge in [-0.1, -0.05) is 12.1 Å². The van der Waals surface area contributed by atoms with E-state index >= 15 is 0 Å². The summed E-state index contributed by atoms with van der Waals surface area (Å²) in [4.78, 5) is 63.6. The summed E-state index contributed by atoms with van der Waals surface area (Å²) in [7, 11) is 1.28. The number of rotatable bonds is 14. The monoisotopic (exact) mass is 717 g/mol. The third-order valence-electron chi connectivity index (χ3n) is 9.59. The minimum absolute atomic E-state index is 0.0317. The fraction of sp³-hybridized carbons (Fsp3) is 0.618. The number of pyridine rings is 1. The number of hydrogen-bond donors (Lipinski definition) is 5. The molecule has 2 unspecified atom stereocenters. The molecule has 17 heteroatoms. The molecule has 1 aromatic carbocycles. The highest BCUT2D eigenvalue weighted by atomic mass is 16.5. The molecule has 0 radical (unpaired) electrons. The molecule has 0 spiro atoms. The van der Waals surface area contributed by atoms with Crippen LogP contribution in [0.2, 0.25) is 0 Å². The first kappa shape index (κ1) is 39.8. The molecule has 2 aliphatic heterocycles. The number of aliphatic hydroxyl groups is 2. The number of piperazine rings is 1. The van der Waals surface area contributed by atoms with Crippen molar-refractivity contribution in [3.8, 4) is 0 Å². The second kappa shape index (κ2) is 19.6. The lowest BCUT2D eigenvalue weighted by atomic mass is 10.1. The van der Waals surface area contributed by atoms with Gasteiger partial charge in [0, 0.05) is 89.6 Å². The maximum Gasteiger partial charge on any atom is 0.320 e. The maximum atomic E-state index is 12.7. The zero-order valence-corrected chi connectivity index (χ0v) is 29.2. The van der Waals surface area contributed by atoms with E-state index < -0.39 is 36.1 Å². The topological polar surface area (TPSA) is 211 Å². The molecular formula is C34H51N7O10. The fourth-order valence-electron chi connectivity index (χ4n) is 6.63. The highest BCUT2D eigenvalue weighted by Crippen LogP contribution is 2.24. The van der Waals surface area contributed by atoms with Crippen LogP contribution in [0.3, 0.4) is 0 Å². The van der Waals surface area contributed by atoms with Crippen LogP contribution >= 0.6 is 0 Å². The number of aromatic nitrogens is 1. The normalized spacial score (nSPS) is 19.5. The predicted molar refractivity (Wildman–Crippen MR) is 186 cm³/mol. The summed E-state index contributed by atoms with van der Waals surface area (Å²) >= 11 is 0. The predicted octanol–water partition coefficient (Wildman–Crippen LogP) is -1.04. The van der Waals surface area contributed by atoms with Crippen LogP contribution < -0.4 is 4.90 Å². The number of carbonyl (C=O) groups is 4. The number of fused-ring (bicyclic) bond motifs is 1. The van der Waals surface area contributed by atoms with Gasteiger partial charge < -0.3 is 35.2 Å². The Balaban J connectivity index is 1.39. The van der Waals surface area contributed by atoms with Gasteiger partial charge in [0.15, 0.2) is 0 Å². The lowest BCUT2D eigenvalue weighted by Crippen LogP contribution is -2.53. The van der Waals surface area contributed by atoms with Crippen molar-refractivity contribution in [2.45, 2.75) is 31.7 Å². The number of carbonyl (C=O) groups excluding carboxylic acids is 1. The summed E-state index contributed by atoms with van der Waals surface area (Å²) in [5, 5.41) is 51.1. The smallest absolute Gasteiger partial charge is 0.320 e. The molecule has 282 valence electrons. The van der Waals surface area contributed by atoms with Crippen molar-refractivity contribution < 1.29 is 49.4 Å².